The molecular weight excluding hydrogens is 410 g/mol. The largest absolute Gasteiger partial charge is 0.483 e. The van der Waals surface area contributed by atoms with Crippen LogP contribution in [0.5, 0.6) is 5.75 Å². The lowest BCUT2D eigenvalue weighted by Gasteiger charge is -2.07. The van der Waals surface area contributed by atoms with E-state index in [1.54, 1.807) is 24.3 Å². The summed E-state index contributed by atoms with van der Waals surface area (Å²) in [6.45, 7) is -0.234. The van der Waals surface area contributed by atoms with Gasteiger partial charge < -0.3 is 4.74 Å². The van der Waals surface area contributed by atoms with E-state index in [9.17, 15) is 14.9 Å². The molecule has 1 heterocycles. The molecule has 0 atom stereocenters. The van der Waals surface area contributed by atoms with Gasteiger partial charge in [-0.1, -0.05) is 22.9 Å². The Hall–Kier alpha value is -1.97. The molecule has 1 amide bonds. The molecule has 0 saturated heterocycles. The normalized spacial score (nSPS) is 10.7. The van der Waals surface area contributed by atoms with Crippen molar-refractivity contribution in [1.82, 2.24) is 5.43 Å². The number of ether oxygens (including phenoxy) is 1. The Kier molecular flexibility index (Phi) is 6.08. The van der Waals surface area contributed by atoms with Gasteiger partial charge >= 0.3 is 5.00 Å². The third-order valence-corrected chi connectivity index (χ3v) is 4.25. The number of rotatable bonds is 6. The van der Waals surface area contributed by atoms with Crippen molar-refractivity contribution in [3.63, 3.8) is 0 Å². The second kappa shape index (κ2) is 8.04. The van der Waals surface area contributed by atoms with Gasteiger partial charge in [0, 0.05) is 11.1 Å². The molecule has 0 aliphatic rings. The smallest absolute Gasteiger partial charge is 0.324 e. The zero-order valence-electron chi connectivity index (χ0n) is 11.4. The van der Waals surface area contributed by atoms with Crippen LogP contribution in [0, 0.1) is 10.1 Å². The lowest BCUT2D eigenvalue weighted by Crippen LogP contribution is -2.24. The van der Waals surface area contributed by atoms with Crippen LogP contribution < -0.4 is 10.2 Å². The molecule has 10 heteroatoms. The molecule has 0 aliphatic carbocycles. The molecule has 1 aromatic carbocycles. The van der Waals surface area contributed by atoms with Gasteiger partial charge in [0.05, 0.1) is 20.5 Å². The summed E-state index contributed by atoms with van der Waals surface area (Å²) in [5, 5.41) is 14.8. The van der Waals surface area contributed by atoms with Gasteiger partial charge in [0.25, 0.3) is 5.91 Å². The summed E-state index contributed by atoms with van der Waals surface area (Å²) >= 11 is 10.0. The average molecular weight is 419 g/mol. The topological polar surface area (TPSA) is 93.8 Å². The van der Waals surface area contributed by atoms with Gasteiger partial charge in [-0.15, -0.1) is 0 Å². The summed E-state index contributed by atoms with van der Waals surface area (Å²) in [4.78, 5) is 22.2. The highest BCUT2D eigenvalue weighted by atomic mass is 79.9. The Morgan fingerprint density at radius 3 is 2.91 bits per heavy atom. The number of halogens is 2. The van der Waals surface area contributed by atoms with E-state index in [1.807, 2.05) is 0 Å². The number of amides is 1. The first-order valence-electron chi connectivity index (χ1n) is 6.09. The summed E-state index contributed by atoms with van der Waals surface area (Å²) in [6, 6.07) is 7.83. The Labute approximate surface area is 148 Å². The fourth-order valence-electron chi connectivity index (χ4n) is 1.45. The number of nitro groups is 1. The van der Waals surface area contributed by atoms with Gasteiger partial charge in [0.2, 0.25) is 0 Å². The number of nitrogens with zero attached hydrogens (tertiary/aromatic N) is 2. The molecule has 0 saturated carbocycles. The number of hydrogen-bond acceptors (Lipinski definition) is 6. The van der Waals surface area contributed by atoms with Crippen LogP contribution in [0.25, 0.3) is 0 Å². The Balaban J connectivity index is 1.82. The molecule has 0 spiro atoms. The predicted octanol–water partition coefficient (Wildman–Crippen LogP) is 3.60. The van der Waals surface area contributed by atoms with E-state index in [0.29, 0.717) is 20.1 Å². The lowest BCUT2D eigenvalue weighted by atomic mass is 10.3. The van der Waals surface area contributed by atoms with E-state index in [2.05, 4.69) is 26.5 Å². The van der Waals surface area contributed by atoms with E-state index < -0.39 is 10.8 Å². The van der Waals surface area contributed by atoms with Crippen molar-refractivity contribution in [2.45, 2.75) is 0 Å². The zero-order valence-corrected chi connectivity index (χ0v) is 14.5. The van der Waals surface area contributed by atoms with Crippen molar-refractivity contribution in [2.24, 2.45) is 5.10 Å². The molecule has 7 nitrogen and oxygen atoms in total. The zero-order chi connectivity index (χ0) is 16.8. The summed E-state index contributed by atoms with van der Waals surface area (Å²) < 4.78 is 5.95. The molecule has 0 unspecified atom stereocenters. The fourth-order valence-corrected chi connectivity index (χ4v) is 2.94. The van der Waals surface area contributed by atoms with E-state index in [1.165, 1.54) is 12.3 Å². The van der Waals surface area contributed by atoms with E-state index >= 15 is 0 Å². The summed E-state index contributed by atoms with van der Waals surface area (Å²) in [5.74, 6) is 0.0107. The van der Waals surface area contributed by atoms with Crippen LogP contribution in [0.2, 0.25) is 5.02 Å². The van der Waals surface area contributed by atoms with Crippen molar-refractivity contribution < 1.29 is 14.5 Å². The number of carbonyl (C=O) groups is 1. The summed E-state index contributed by atoms with van der Waals surface area (Å²) in [6.07, 6.45) is 1.33. The quantitative estimate of drug-likeness (QED) is 0.440. The number of carbonyl (C=O) groups excluding carboxylic acids is 1. The first-order valence-corrected chi connectivity index (χ1v) is 8.08. The predicted molar refractivity (Wildman–Crippen MR) is 91.4 cm³/mol. The highest BCUT2D eigenvalue weighted by molar-refractivity contribution is 9.10. The first kappa shape index (κ1) is 17.4. The number of benzene rings is 1. The van der Waals surface area contributed by atoms with Crippen LogP contribution >= 0.6 is 38.9 Å². The van der Waals surface area contributed by atoms with Crippen LogP contribution in [0.15, 0.2) is 39.9 Å². The van der Waals surface area contributed by atoms with Gasteiger partial charge in [0.15, 0.2) is 6.61 Å². The van der Waals surface area contributed by atoms with Crippen molar-refractivity contribution in [1.29, 1.82) is 0 Å². The van der Waals surface area contributed by atoms with E-state index in [-0.39, 0.29) is 11.6 Å². The second-order valence-electron chi connectivity index (χ2n) is 4.09. The Morgan fingerprint density at radius 1 is 1.48 bits per heavy atom. The van der Waals surface area contributed by atoms with Crippen LogP contribution in [0.4, 0.5) is 5.00 Å². The van der Waals surface area contributed by atoms with E-state index in [0.717, 1.165) is 11.3 Å². The standard InChI is InChI=1S/C13H9BrClN3O4S/c14-10-5-8(15)1-3-11(10)22-7-12(19)17-16-6-9-2-4-13(23-9)18(20)21/h1-6H,7H2,(H,17,19). The molecule has 1 aromatic heterocycles. The second-order valence-corrected chi connectivity index (χ2v) is 6.47. The van der Waals surface area contributed by atoms with Gasteiger partial charge in [-0.05, 0) is 40.2 Å². The molecule has 23 heavy (non-hydrogen) atoms. The maximum absolute atomic E-state index is 11.6. The molecule has 2 rings (SSSR count). The van der Waals surface area contributed by atoms with Crippen molar-refractivity contribution in [3.05, 3.63) is 54.8 Å². The highest BCUT2D eigenvalue weighted by Gasteiger charge is 2.08. The van der Waals surface area contributed by atoms with Crippen LogP contribution in [0.1, 0.15) is 4.88 Å². The van der Waals surface area contributed by atoms with Crippen LogP contribution in [-0.2, 0) is 4.79 Å². The minimum atomic E-state index is -0.488. The van der Waals surface area contributed by atoms with Crippen molar-refractivity contribution in [3.8, 4) is 5.75 Å². The van der Waals surface area contributed by atoms with Gasteiger partial charge in [-0.3, -0.25) is 14.9 Å². The number of hydrazone groups is 1. The lowest BCUT2D eigenvalue weighted by molar-refractivity contribution is -0.380. The number of thiophene rings is 1. The monoisotopic (exact) mass is 417 g/mol. The van der Waals surface area contributed by atoms with Crippen LogP contribution in [-0.4, -0.2) is 23.7 Å². The van der Waals surface area contributed by atoms with Crippen molar-refractivity contribution >= 4 is 56.0 Å². The number of hydrogen-bond donors (Lipinski definition) is 1. The minimum Gasteiger partial charge on any atom is -0.483 e. The molecule has 0 bridgehead atoms. The maximum Gasteiger partial charge on any atom is 0.324 e. The third-order valence-electron chi connectivity index (χ3n) is 2.43. The molecular formula is C13H9BrClN3O4S. The molecule has 0 aliphatic heterocycles. The van der Waals surface area contributed by atoms with E-state index in [4.69, 9.17) is 16.3 Å². The van der Waals surface area contributed by atoms with Crippen LogP contribution in [0.3, 0.4) is 0 Å². The van der Waals surface area contributed by atoms with Crippen molar-refractivity contribution in [2.75, 3.05) is 6.61 Å². The fraction of sp³-hybridized carbons (Fsp3) is 0.0769. The Bertz CT molecular complexity index is 765. The summed E-state index contributed by atoms with van der Waals surface area (Å²) in [5.41, 5.74) is 2.27. The molecule has 0 radical (unpaired) electrons. The molecule has 2 aromatic rings. The Morgan fingerprint density at radius 2 is 2.26 bits per heavy atom. The molecule has 0 fully saturated rings. The average Bonchev–Trinajstić information content (AvgIpc) is 2.95. The highest BCUT2D eigenvalue weighted by Crippen LogP contribution is 2.27. The molecule has 120 valence electrons. The van der Waals surface area contributed by atoms with Gasteiger partial charge in [-0.25, -0.2) is 5.43 Å². The minimum absolute atomic E-state index is 0.00805. The maximum atomic E-state index is 11.6. The third kappa shape index (κ3) is 5.31. The summed E-state index contributed by atoms with van der Waals surface area (Å²) in [7, 11) is 0. The first-order chi connectivity index (χ1) is 11.0. The number of nitrogens with one attached hydrogen (secondary N) is 1. The SMILES string of the molecule is O=C(COc1ccc(Cl)cc1Br)NN=Cc1ccc([N+](=O)[O-])s1. The van der Waals surface area contributed by atoms with Gasteiger partial charge in [-0.2, -0.15) is 5.10 Å². The molecule has 1 N–H and O–H groups in total. The van der Waals surface area contributed by atoms with Gasteiger partial charge in [0.1, 0.15) is 5.75 Å².